The highest BCUT2D eigenvalue weighted by molar-refractivity contribution is 6.04. The number of amides is 2. The number of carbonyl (C=O) groups excluding carboxylic acids is 2. The summed E-state index contributed by atoms with van der Waals surface area (Å²) in [6.07, 6.45) is 0.665. The molecular weight excluding hydrogens is 234 g/mol. The summed E-state index contributed by atoms with van der Waals surface area (Å²) < 4.78 is 0. The van der Waals surface area contributed by atoms with Gasteiger partial charge in [0.2, 0.25) is 11.8 Å². The zero-order valence-electron chi connectivity index (χ0n) is 9.89. The molecule has 0 saturated carbocycles. The number of rotatable bonds is 4. The van der Waals surface area contributed by atoms with Crippen LogP contribution in [0.25, 0.3) is 0 Å². The molecule has 1 saturated heterocycles. The summed E-state index contributed by atoms with van der Waals surface area (Å²) in [5.74, 6) is 4.72. The number of nitrogens with one attached hydrogen (secondary N) is 1. The molecule has 0 unspecified atom stereocenters. The van der Waals surface area contributed by atoms with Crippen LogP contribution in [0.15, 0.2) is 24.3 Å². The van der Waals surface area contributed by atoms with Gasteiger partial charge in [-0.1, -0.05) is 12.1 Å². The van der Waals surface area contributed by atoms with E-state index in [0.29, 0.717) is 13.0 Å². The lowest BCUT2D eigenvalue weighted by Gasteiger charge is -2.27. The van der Waals surface area contributed by atoms with Crippen LogP contribution in [-0.2, 0) is 20.8 Å². The number of piperazine rings is 1. The molecule has 96 valence electrons. The van der Waals surface area contributed by atoms with Crippen molar-refractivity contribution in [3.63, 3.8) is 0 Å². The molecule has 0 aromatic heterocycles. The van der Waals surface area contributed by atoms with Crippen molar-refractivity contribution in [1.82, 2.24) is 5.32 Å². The fourth-order valence-corrected chi connectivity index (χ4v) is 1.85. The van der Waals surface area contributed by atoms with E-state index in [4.69, 9.17) is 5.90 Å². The Morgan fingerprint density at radius 3 is 3.00 bits per heavy atom. The van der Waals surface area contributed by atoms with Crippen molar-refractivity contribution in [2.75, 3.05) is 24.6 Å². The Bertz CT molecular complexity index is 462. The number of nitrogens with zero attached hydrogens (tertiary/aromatic N) is 1. The van der Waals surface area contributed by atoms with Gasteiger partial charge in [-0.15, -0.1) is 0 Å². The van der Waals surface area contributed by atoms with Crippen LogP contribution in [0.3, 0.4) is 0 Å². The first-order valence-corrected chi connectivity index (χ1v) is 5.68. The van der Waals surface area contributed by atoms with Crippen LogP contribution in [0, 0.1) is 0 Å². The highest BCUT2D eigenvalue weighted by Gasteiger charge is 2.24. The van der Waals surface area contributed by atoms with E-state index in [1.54, 1.807) is 0 Å². The van der Waals surface area contributed by atoms with Crippen molar-refractivity contribution in [3.8, 4) is 0 Å². The summed E-state index contributed by atoms with van der Waals surface area (Å²) in [6.45, 7) is 0.530. The van der Waals surface area contributed by atoms with Gasteiger partial charge in [-0.05, 0) is 24.1 Å². The maximum absolute atomic E-state index is 11.7. The number of hydrogen-bond acceptors (Lipinski definition) is 4. The fourth-order valence-electron chi connectivity index (χ4n) is 1.85. The van der Waals surface area contributed by atoms with Gasteiger partial charge in [-0.3, -0.25) is 9.59 Å². The maximum Gasteiger partial charge on any atom is 0.246 e. The van der Waals surface area contributed by atoms with E-state index in [1.807, 2.05) is 24.3 Å². The van der Waals surface area contributed by atoms with E-state index in [-0.39, 0.29) is 24.9 Å². The van der Waals surface area contributed by atoms with Crippen molar-refractivity contribution in [3.05, 3.63) is 29.8 Å². The van der Waals surface area contributed by atoms with Crippen molar-refractivity contribution in [2.24, 2.45) is 5.90 Å². The summed E-state index contributed by atoms with van der Waals surface area (Å²) in [4.78, 5) is 29.0. The second kappa shape index (κ2) is 5.61. The van der Waals surface area contributed by atoms with Crippen LogP contribution in [0.2, 0.25) is 0 Å². The average molecular weight is 249 g/mol. The lowest BCUT2D eigenvalue weighted by Crippen LogP contribution is -2.51. The Labute approximate surface area is 105 Å². The smallest absolute Gasteiger partial charge is 0.246 e. The molecule has 1 fully saturated rings. The molecule has 0 atom stereocenters. The molecule has 1 aromatic rings. The Morgan fingerprint density at radius 1 is 1.39 bits per heavy atom. The minimum Gasteiger partial charge on any atom is -0.345 e. The van der Waals surface area contributed by atoms with Crippen LogP contribution in [-0.4, -0.2) is 31.5 Å². The molecule has 18 heavy (non-hydrogen) atoms. The Balaban J connectivity index is 2.16. The van der Waals surface area contributed by atoms with Gasteiger partial charge in [-0.2, -0.15) is 0 Å². The molecule has 0 bridgehead atoms. The first-order chi connectivity index (χ1) is 8.70. The summed E-state index contributed by atoms with van der Waals surface area (Å²) in [7, 11) is 0. The third-order valence-electron chi connectivity index (χ3n) is 2.77. The molecule has 0 aliphatic carbocycles. The molecule has 2 amide bonds. The average Bonchev–Trinajstić information content (AvgIpc) is 2.39. The van der Waals surface area contributed by atoms with Crippen LogP contribution in [0.5, 0.6) is 0 Å². The highest BCUT2D eigenvalue weighted by atomic mass is 16.6. The van der Waals surface area contributed by atoms with Gasteiger partial charge in [0, 0.05) is 5.69 Å². The van der Waals surface area contributed by atoms with Crippen molar-refractivity contribution in [1.29, 1.82) is 0 Å². The van der Waals surface area contributed by atoms with E-state index in [0.717, 1.165) is 11.3 Å². The molecule has 0 radical (unpaired) electrons. The van der Waals surface area contributed by atoms with Crippen LogP contribution < -0.4 is 16.1 Å². The summed E-state index contributed by atoms with van der Waals surface area (Å²) in [6, 6.07) is 7.46. The molecule has 1 aliphatic rings. The predicted octanol–water partition coefficient (Wildman–Crippen LogP) is -0.418. The van der Waals surface area contributed by atoms with Gasteiger partial charge >= 0.3 is 0 Å². The van der Waals surface area contributed by atoms with Gasteiger partial charge < -0.3 is 15.1 Å². The minimum atomic E-state index is -0.148. The van der Waals surface area contributed by atoms with Crippen LogP contribution in [0.4, 0.5) is 5.69 Å². The highest BCUT2D eigenvalue weighted by Crippen LogP contribution is 2.17. The zero-order chi connectivity index (χ0) is 13.0. The molecule has 3 N–H and O–H groups in total. The normalized spacial score (nSPS) is 15.7. The second-order valence-corrected chi connectivity index (χ2v) is 4.05. The Kier molecular flexibility index (Phi) is 3.91. The first-order valence-electron chi connectivity index (χ1n) is 5.68. The van der Waals surface area contributed by atoms with Gasteiger partial charge in [0.25, 0.3) is 0 Å². The predicted molar refractivity (Wildman–Crippen MR) is 65.6 cm³/mol. The molecule has 0 spiro atoms. The van der Waals surface area contributed by atoms with E-state index in [2.05, 4.69) is 10.2 Å². The molecule has 1 aromatic carbocycles. The standard InChI is InChI=1S/C12H15N3O3/c13-18-5-4-9-2-1-3-10(6-9)15-8-11(16)14-7-12(15)17/h1-3,6H,4-5,7-8,13H2,(H,14,16). The van der Waals surface area contributed by atoms with Crippen molar-refractivity contribution in [2.45, 2.75) is 6.42 Å². The van der Waals surface area contributed by atoms with Gasteiger partial charge in [0.1, 0.15) is 6.54 Å². The second-order valence-electron chi connectivity index (χ2n) is 4.05. The Morgan fingerprint density at radius 2 is 2.22 bits per heavy atom. The summed E-state index contributed by atoms with van der Waals surface area (Å²) in [5.41, 5.74) is 1.74. The molecule has 6 nitrogen and oxygen atoms in total. The Hall–Kier alpha value is -1.92. The lowest BCUT2D eigenvalue weighted by molar-refractivity contribution is -0.128. The molecule has 1 heterocycles. The van der Waals surface area contributed by atoms with Crippen molar-refractivity contribution >= 4 is 17.5 Å². The quantitative estimate of drug-likeness (QED) is 0.710. The molecular formula is C12H15N3O3. The minimum absolute atomic E-state index is 0.0506. The maximum atomic E-state index is 11.7. The van der Waals surface area contributed by atoms with E-state index < -0.39 is 0 Å². The van der Waals surface area contributed by atoms with Gasteiger partial charge in [0.05, 0.1) is 13.2 Å². The lowest BCUT2D eigenvalue weighted by atomic mass is 10.1. The summed E-state index contributed by atoms with van der Waals surface area (Å²) >= 11 is 0. The van der Waals surface area contributed by atoms with E-state index in [9.17, 15) is 9.59 Å². The zero-order valence-corrected chi connectivity index (χ0v) is 9.89. The van der Waals surface area contributed by atoms with Crippen LogP contribution in [0.1, 0.15) is 5.56 Å². The van der Waals surface area contributed by atoms with Crippen molar-refractivity contribution < 1.29 is 14.4 Å². The van der Waals surface area contributed by atoms with Crippen LogP contribution >= 0.6 is 0 Å². The first kappa shape index (κ1) is 12.5. The van der Waals surface area contributed by atoms with E-state index in [1.165, 1.54) is 4.90 Å². The number of nitrogens with two attached hydrogens (primary N) is 1. The molecule has 6 heteroatoms. The van der Waals surface area contributed by atoms with Gasteiger partial charge in [-0.25, -0.2) is 5.90 Å². The topological polar surface area (TPSA) is 84.7 Å². The third kappa shape index (κ3) is 2.85. The SMILES string of the molecule is NOCCc1cccc(N2CC(=O)NCC2=O)c1. The number of anilines is 1. The number of carbonyl (C=O) groups is 2. The monoisotopic (exact) mass is 249 g/mol. The third-order valence-corrected chi connectivity index (χ3v) is 2.77. The molecule has 2 rings (SSSR count). The number of hydrogen-bond donors (Lipinski definition) is 2. The largest absolute Gasteiger partial charge is 0.345 e. The molecule has 1 aliphatic heterocycles. The van der Waals surface area contributed by atoms with E-state index >= 15 is 0 Å². The van der Waals surface area contributed by atoms with Gasteiger partial charge in [0.15, 0.2) is 0 Å². The fraction of sp³-hybridized carbons (Fsp3) is 0.333. The summed E-state index contributed by atoms with van der Waals surface area (Å²) in [5, 5.41) is 2.51. The number of benzene rings is 1.